The van der Waals surface area contributed by atoms with Crippen molar-refractivity contribution in [3.8, 4) is 0 Å². The van der Waals surface area contributed by atoms with Gasteiger partial charge in [-0.3, -0.25) is 4.79 Å². The Morgan fingerprint density at radius 2 is 1.69 bits per heavy atom. The van der Waals surface area contributed by atoms with Gasteiger partial charge in [0, 0.05) is 23.3 Å². The summed E-state index contributed by atoms with van der Waals surface area (Å²) in [5.74, 6) is -2.18. The van der Waals surface area contributed by atoms with Gasteiger partial charge in [0.2, 0.25) is 0 Å². The van der Waals surface area contributed by atoms with Crippen LogP contribution < -0.4 is 10.6 Å². The number of amides is 1. The summed E-state index contributed by atoms with van der Waals surface area (Å²) in [6.45, 7) is 0.354. The number of nitrogens with zero attached hydrogens (tertiary/aromatic N) is 1. The first kappa shape index (κ1) is 17.8. The molecule has 0 radical (unpaired) electrons. The predicted octanol–water partition coefficient (Wildman–Crippen LogP) is 4.69. The summed E-state index contributed by atoms with van der Waals surface area (Å²) in [5, 5.41) is 6.28. The largest absolute Gasteiger partial charge is 0.354 e. The van der Waals surface area contributed by atoms with Gasteiger partial charge in [-0.2, -0.15) is 0 Å². The maximum Gasteiger partial charge on any atom is 0.270 e. The van der Waals surface area contributed by atoms with Crippen LogP contribution in [0.15, 0.2) is 60.8 Å². The van der Waals surface area contributed by atoms with E-state index < -0.39 is 11.6 Å². The van der Waals surface area contributed by atoms with Crippen LogP contribution in [0.25, 0.3) is 0 Å². The molecule has 0 bridgehead atoms. The van der Waals surface area contributed by atoms with Gasteiger partial charge in [-0.1, -0.05) is 23.7 Å². The van der Waals surface area contributed by atoms with Crippen molar-refractivity contribution >= 4 is 28.9 Å². The molecule has 0 spiro atoms. The van der Waals surface area contributed by atoms with Crippen LogP contribution >= 0.6 is 11.6 Å². The van der Waals surface area contributed by atoms with Gasteiger partial charge in [0.05, 0.1) is 11.9 Å². The maximum atomic E-state index is 13.2. The van der Waals surface area contributed by atoms with E-state index in [1.807, 2.05) is 12.1 Å². The molecule has 3 aromatic rings. The molecule has 4 nitrogen and oxygen atoms in total. The highest BCUT2D eigenvalue weighted by Gasteiger charge is 2.08. The summed E-state index contributed by atoms with van der Waals surface area (Å²) in [6.07, 6.45) is 1.44. The zero-order chi connectivity index (χ0) is 18.5. The van der Waals surface area contributed by atoms with Crippen LogP contribution in [-0.2, 0) is 6.54 Å². The Hall–Kier alpha value is -2.99. The van der Waals surface area contributed by atoms with E-state index in [2.05, 4.69) is 15.6 Å². The van der Waals surface area contributed by atoms with E-state index in [1.54, 1.807) is 24.3 Å². The second kappa shape index (κ2) is 7.93. The Morgan fingerprint density at radius 1 is 0.962 bits per heavy atom. The summed E-state index contributed by atoms with van der Waals surface area (Å²) < 4.78 is 26.1. The Kier molecular flexibility index (Phi) is 5.43. The molecule has 0 aliphatic carbocycles. The van der Waals surface area contributed by atoms with Crippen molar-refractivity contribution in [3.63, 3.8) is 0 Å². The molecule has 3 rings (SSSR count). The van der Waals surface area contributed by atoms with Crippen molar-refractivity contribution in [2.24, 2.45) is 0 Å². The molecule has 7 heteroatoms. The lowest BCUT2D eigenvalue weighted by molar-refractivity contribution is 0.0946. The van der Waals surface area contributed by atoms with Crippen molar-refractivity contribution in [2.45, 2.75) is 6.54 Å². The van der Waals surface area contributed by atoms with E-state index in [1.165, 1.54) is 12.3 Å². The van der Waals surface area contributed by atoms with Gasteiger partial charge >= 0.3 is 0 Å². The summed E-state index contributed by atoms with van der Waals surface area (Å²) >= 11 is 5.82. The van der Waals surface area contributed by atoms with Crippen molar-refractivity contribution in [1.82, 2.24) is 10.3 Å². The van der Waals surface area contributed by atoms with Gasteiger partial charge in [-0.15, -0.1) is 0 Å². The van der Waals surface area contributed by atoms with E-state index in [-0.39, 0.29) is 11.6 Å². The van der Waals surface area contributed by atoms with Crippen LogP contribution in [0.4, 0.5) is 20.2 Å². The first-order valence-corrected chi connectivity index (χ1v) is 8.10. The normalized spacial score (nSPS) is 10.4. The lowest BCUT2D eigenvalue weighted by Gasteiger charge is -2.08. The summed E-state index contributed by atoms with van der Waals surface area (Å²) in [6, 6.07) is 13.8. The van der Waals surface area contributed by atoms with Crippen LogP contribution in [0, 0.1) is 11.6 Å². The molecule has 0 saturated heterocycles. The minimum absolute atomic E-state index is 0.245. The fraction of sp³-hybridized carbons (Fsp3) is 0.0526. The Labute approximate surface area is 153 Å². The maximum absolute atomic E-state index is 13.2. The SMILES string of the molecule is O=C(NCc1ccc(Cl)cc1)c1ccc(Nc2ccc(F)c(F)c2)cn1. The third kappa shape index (κ3) is 4.55. The highest BCUT2D eigenvalue weighted by molar-refractivity contribution is 6.30. The number of aromatic nitrogens is 1. The van der Waals surface area contributed by atoms with Crippen LogP contribution in [0.5, 0.6) is 0 Å². The molecule has 0 unspecified atom stereocenters. The minimum atomic E-state index is -0.943. The van der Waals surface area contributed by atoms with Crippen molar-refractivity contribution < 1.29 is 13.6 Å². The zero-order valence-electron chi connectivity index (χ0n) is 13.5. The fourth-order valence-electron chi connectivity index (χ4n) is 2.22. The lowest BCUT2D eigenvalue weighted by atomic mass is 10.2. The quantitative estimate of drug-likeness (QED) is 0.682. The highest BCUT2D eigenvalue weighted by Crippen LogP contribution is 2.18. The molecular formula is C19H14ClF2N3O. The van der Waals surface area contributed by atoms with Crippen molar-refractivity contribution in [2.75, 3.05) is 5.32 Å². The minimum Gasteiger partial charge on any atom is -0.354 e. The number of hydrogen-bond acceptors (Lipinski definition) is 3. The average Bonchev–Trinajstić information content (AvgIpc) is 2.65. The molecule has 2 aromatic carbocycles. The third-order valence-electron chi connectivity index (χ3n) is 3.57. The number of pyridine rings is 1. The van der Waals surface area contributed by atoms with Gasteiger partial charge in [0.15, 0.2) is 11.6 Å². The second-order valence-corrected chi connectivity index (χ2v) is 5.93. The summed E-state index contributed by atoms with van der Waals surface area (Å²) in [4.78, 5) is 16.2. The predicted molar refractivity (Wildman–Crippen MR) is 96.5 cm³/mol. The van der Waals surface area contributed by atoms with Gasteiger partial charge < -0.3 is 10.6 Å². The highest BCUT2D eigenvalue weighted by atomic mass is 35.5. The van der Waals surface area contributed by atoms with Gasteiger partial charge in [-0.25, -0.2) is 13.8 Å². The number of anilines is 2. The fourth-order valence-corrected chi connectivity index (χ4v) is 2.34. The van der Waals surface area contributed by atoms with Crippen LogP contribution in [0.2, 0.25) is 5.02 Å². The van der Waals surface area contributed by atoms with Crippen molar-refractivity contribution in [3.05, 3.63) is 88.7 Å². The van der Waals surface area contributed by atoms with Gasteiger partial charge in [0.1, 0.15) is 5.69 Å². The summed E-state index contributed by atoms with van der Waals surface area (Å²) in [7, 11) is 0. The molecule has 1 heterocycles. The number of hydrogen-bond donors (Lipinski definition) is 2. The van der Waals surface area contributed by atoms with E-state index in [0.717, 1.165) is 17.7 Å². The van der Waals surface area contributed by atoms with E-state index in [4.69, 9.17) is 11.6 Å². The molecule has 0 aliphatic rings. The van der Waals surface area contributed by atoms with E-state index >= 15 is 0 Å². The Morgan fingerprint density at radius 3 is 2.35 bits per heavy atom. The zero-order valence-corrected chi connectivity index (χ0v) is 14.2. The number of carbonyl (C=O) groups is 1. The molecule has 0 atom stereocenters. The topological polar surface area (TPSA) is 54.0 Å². The van der Waals surface area contributed by atoms with Crippen molar-refractivity contribution in [1.29, 1.82) is 0 Å². The molecule has 1 amide bonds. The molecule has 0 saturated carbocycles. The number of nitrogens with one attached hydrogen (secondary N) is 2. The van der Waals surface area contributed by atoms with Crippen LogP contribution in [-0.4, -0.2) is 10.9 Å². The monoisotopic (exact) mass is 373 g/mol. The molecule has 1 aromatic heterocycles. The number of benzene rings is 2. The summed E-state index contributed by atoms with van der Waals surface area (Å²) in [5.41, 5.74) is 2.09. The molecule has 0 fully saturated rings. The Bertz CT molecular complexity index is 915. The smallest absolute Gasteiger partial charge is 0.270 e. The van der Waals surface area contributed by atoms with Gasteiger partial charge in [-0.05, 0) is 42.0 Å². The average molecular weight is 374 g/mol. The Balaban J connectivity index is 1.60. The van der Waals surface area contributed by atoms with Crippen LogP contribution in [0.1, 0.15) is 16.1 Å². The molecule has 132 valence electrons. The standard InChI is InChI=1S/C19H14ClF2N3O/c20-13-3-1-12(2-4-13)10-24-19(26)18-8-6-15(11-23-18)25-14-5-7-16(21)17(22)9-14/h1-9,11,25H,10H2,(H,24,26). The lowest BCUT2D eigenvalue weighted by Crippen LogP contribution is -2.23. The molecule has 26 heavy (non-hydrogen) atoms. The molecule has 0 aliphatic heterocycles. The molecule has 2 N–H and O–H groups in total. The molecular weight excluding hydrogens is 360 g/mol. The first-order chi connectivity index (χ1) is 12.5. The number of rotatable bonds is 5. The first-order valence-electron chi connectivity index (χ1n) is 7.72. The number of halogens is 3. The van der Waals surface area contributed by atoms with Gasteiger partial charge in [0.25, 0.3) is 5.91 Å². The third-order valence-corrected chi connectivity index (χ3v) is 3.82. The van der Waals surface area contributed by atoms with E-state index in [0.29, 0.717) is 22.9 Å². The van der Waals surface area contributed by atoms with E-state index in [9.17, 15) is 13.6 Å². The number of carbonyl (C=O) groups excluding carboxylic acids is 1. The second-order valence-electron chi connectivity index (χ2n) is 5.50. The van der Waals surface area contributed by atoms with Crippen LogP contribution in [0.3, 0.4) is 0 Å².